The maximum absolute atomic E-state index is 12.3. The first-order valence-electron chi connectivity index (χ1n) is 7.76. The number of hydrogen-bond acceptors (Lipinski definition) is 3. The van der Waals surface area contributed by atoms with E-state index in [1.807, 2.05) is 11.8 Å². The van der Waals surface area contributed by atoms with Crippen molar-refractivity contribution in [3.05, 3.63) is 0 Å². The number of carbonyl (C=O) groups excluding carboxylic acids is 1. The van der Waals surface area contributed by atoms with Gasteiger partial charge in [0.05, 0.1) is 13.2 Å². The maximum Gasteiger partial charge on any atom is 0.317 e. The normalized spacial score (nSPS) is 27.6. The lowest BCUT2D eigenvalue weighted by Gasteiger charge is -2.40. The third kappa shape index (κ3) is 3.44. The van der Waals surface area contributed by atoms with Crippen LogP contribution in [0.2, 0.25) is 0 Å². The fraction of sp³-hybridized carbons (Fsp3) is 0.933. The number of urea groups is 1. The van der Waals surface area contributed by atoms with E-state index in [0.717, 1.165) is 19.4 Å². The number of hydrogen-bond donors (Lipinski definition) is 1. The van der Waals surface area contributed by atoms with Gasteiger partial charge in [0, 0.05) is 25.0 Å². The van der Waals surface area contributed by atoms with Crippen molar-refractivity contribution in [2.45, 2.75) is 52.4 Å². The van der Waals surface area contributed by atoms with E-state index in [4.69, 9.17) is 9.47 Å². The summed E-state index contributed by atoms with van der Waals surface area (Å²) in [6.07, 6.45) is 2.07. The Hall–Kier alpha value is -0.810. The molecule has 0 spiro atoms. The molecule has 0 aromatic rings. The highest BCUT2D eigenvalue weighted by Crippen LogP contribution is 2.34. The number of carbonyl (C=O) groups is 1. The minimum absolute atomic E-state index is 0.0393. The summed E-state index contributed by atoms with van der Waals surface area (Å²) < 4.78 is 11.5. The minimum atomic E-state index is -0.511. The third-order valence-electron chi connectivity index (χ3n) is 4.66. The van der Waals surface area contributed by atoms with Gasteiger partial charge < -0.3 is 19.7 Å². The molecule has 2 aliphatic rings. The van der Waals surface area contributed by atoms with Gasteiger partial charge in [-0.3, -0.25) is 0 Å². The molecule has 0 aromatic carbocycles. The van der Waals surface area contributed by atoms with Gasteiger partial charge in [-0.15, -0.1) is 0 Å². The number of ether oxygens (including phenoxy) is 2. The van der Waals surface area contributed by atoms with E-state index >= 15 is 0 Å². The zero-order valence-corrected chi connectivity index (χ0v) is 13.1. The van der Waals surface area contributed by atoms with Crippen LogP contribution in [0.5, 0.6) is 0 Å². The molecule has 2 amide bonds. The van der Waals surface area contributed by atoms with Gasteiger partial charge in [0.25, 0.3) is 0 Å². The van der Waals surface area contributed by atoms with Crippen LogP contribution in [0, 0.1) is 11.8 Å². The van der Waals surface area contributed by atoms with Gasteiger partial charge in [0.15, 0.2) is 5.79 Å². The zero-order valence-electron chi connectivity index (χ0n) is 13.1. The summed E-state index contributed by atoms with van der Waals surface area (Å²) in [6.45, 7) is 11.1. The smallest absolute Gasteiger partial charge is 0.317 e. The monoisotopic (exact) mass is 284 g/mol. The van der Waals surface area contributed by atoms with Crippen molar-refractivity contribution in [3.63, 3.8) is 0 Å². The van der Waals surface area contributed by atoms with E-state index in [1.54, 1.807) is 0 Å². The van der Waals surface area contributed by atoms with Gasteiger partial charge in [-0.05, 0) is 32.6 Å². The lowest BCUT2D eigenvalue weighted by molar-refractivity contribution is -0.189. The van der Waals surface area contributed by atoms with Crippen molar-refractivity contribution in [2.75, 3.05) is 26.3 Å². The Morgan fingerprint density at radius 1 is 1.30 bits per heavy atom. The van der Waals surface area contributed by atoms with Crippen LogP contribution in [-0.4, -0.2) is 49.1 Å². The van der Waals surface area contributed by atoms with Crippen LogP contribution in [0.1, 0.15) is 40.5 Å². The number of piperidine rings is 1. The van der Waals surface area contributed by atoms with Gasteiger partial charge in [-0.1, -0.05) is 13.8 Å². The van der Waals surface area contributed by atoms with Gasteiger partial charge >= 0.3 is 6.03 Å². The molecule has 2 heterocycles. The highest BCUT2D eigenvalue weighted by Gasteiger charge is 2.42. The molecule has 2 saturated heterocycles. The Balaban J connectivity index is 1.91. The molecule has 2 rings (SSSR count). The van der Waals surface area contributed by atoms with Crippen molar-refractivity contribution in [1.29, 1.82) is 0 Å². The molecular weight excluding hydrogens is 256 g/mol. The largest absolute Gasteiger partial charge is 0.347 e. The average molecular weight is 284 g/mol. The first kappa shape index (κ1) is 15.6. The first-order chi connectivity index (χ1) is 9.42. The first-order valence-corrected chi connectivity index (χ1v) is 7.76. The number of rotatable bonds is 3. The molecular formula is C15H28N2O3. The molecule has 116 valence electrons. The summed E-state index contributed by atoms with van der Waals surface area (Å²) in [5, 5.41) is 3.08. The predicted molar refractivity (Wildman–Crippen MR) is 77.4 cm³/mol. The Kier molecular flexibility index (Phi) is 4.91. The summed E-state index contributed by atoms with van der Waals surface area (Å²) in [4.78, 5) is 14.2. The van der Waals surface area contributed by atoms with E-state index in [-0.39, 0.29) is 18.0 Å². The second kappa shape index (κ2) is 6.31. The second-order valence-corrected chi connectivity index (χ2v) is 6.48. The summed E-state index contributed by atoms with van der Waals surface area (Å²) in [5.41, 5.74) is 0. The van der Waals surface area contributed by atoms with Gasteiger partial charge in [0.1, 0.15) is 0 Å². The summed E-state index contributed by atoms with van der Waals surface area (Å²) in [5.74, 6) is 0.195. The van der Waals surface area contributed by atoms with Crippen LogP contribution in [0.25, 0.3) is 0 Å². The Morgan fingerprint density at radius 3 is 2.55 bits per heavy atom. The van der Waals surface area contributed by atoms with Crippen molar-refractivity contribution in [1.82, 2.24) is 10.2 Å². The SMILES string of the molecule is CC(C)[C@H](C)NC(=O)N1CCC[C@@H](C2(C)OCCO2)C1. The second-order valence-electron chi connectivity index (χ2n) is 6.48. The van der Waals surface area contributed by atoms with E-state index in [0.29, 0.717) is 25.7 Å². The molecule has 0 bridgehead atoms. The van der Waals surface area contributed by atoms with Crippen LogP contribution in [-0.2, 0) is 9.47 Å². The van der Waals surface area contributed by atoms with Crippen LogP contribution in [0.4, 0.5) is 4.79 Å². The van der Waals surface area contributed by atoms with Crippen LogP contribution in [0.15, 0.2) is 0 Å². The number of nitrogens with one attached hydrogen (secondary N) is 1. The van der Waals surface area contributed by atoms with E-state index in [9.17, 15) is 4.79 Å². The molecule has 5 heteroatoms. The van der Waals surface area contributed by atoms with Gasteiger partial charge in [-0.2, -0.15) is 0 Å². The molecule has 20 heavy (non-hydrogen) atoms. The number of likely N-dealkylation sites (tertiary alicyclic amines) is 1. The molecule has 0 radical (unpaired) electrons. The van der Waals surface area contributed by atoms with Crippen molar-refractivity contribution >= 4 is 6.03 Å². The summed E-state index contributed by atoms with van der Waals surface area (Å²) >= 11 is 0. The highest BCUT2D eigenvalue weighted by atomic mass is 16.7. The van der Waals surface area contributed by atoms with Crippen LogP contribution >= 0.6 is 0 Å². The maximum atomic E-state index is 12.3. The Morgan fingerprint density at radius 2 is 1.95 bits per heavy atom. The van der Waals surface area contributed by atoms with E-state index in [2.05, 4.69) is 26.1 Å². The average Bonchev–Trinajstić information content (AvgIpc) is 2.87. The predicted octanol–water partition coefficient (Wildman–Crippen LogP) is 2.22. The molecule has 2 atom stereocenters. The standard InChI is InChI=1S/C15H28N2O3/c1-11(2)12(3)16-14(18)17-7-5-6-13(10-17)15(4)19-8-9-20-15/h11-13H,5-10H2,1-4H3,(H,16,18)/t12-,13+/m0/s1. The summed E-state index contributed by atoms with van der Waals surface area (Å²) in [6, 6.07) is 0.231. The highest BCUT2D eigenvalue weighted by molar-refractivity contribution is 5.74. The topological polar surface area (TPSA) is 50.8 Å². The molecule has 1 N–H and O–H groups in total. The quantitative estimate of drug-likeness (QED) is 0.864. The van der Waals surface area contributed by atoms with Crippen LogP contribution in [0.3, 0.4) is 0 Å². The van der Waals surface area contributed by atoms with Gasteiger partial charge in [-0.25, -0.2) is 4.79 Å². The lowest BCUT2D eigenvalue weighted by Crippen LogP contribution is -2.53. The van der Waals surface area contributed by atoms with Crippen LogP contribution < -0.4 is 5.32 Å². The van der Waals surface area contributed by atoms with E-state index in [1.165, 1.54) is 0 Å². The fourth-order valence-corrected chi connectivity index (χ4v) is 2.81. The molecule has 2 fully saturated rings. The van der Waals surface area contributed by atoms with Crippen molar-refractivity contribution < 1.29 is 14.3 Å². The molecule has 2 aliphatic heterocycles. The minimum Gasteiger partial charge on any atom is -0.347 e. The molecule has 0 unspecified atom stereocenters. The lowest BCUT2D eigenvalue weighted by atomic mass is 9.90. The molecule has 0 aromatic heterocycles. The summed E-state index contributed by atoms with van der Waals surface area (Å²) in [7, 11) is 0. The molecule has 0 saturated carbocycles. The Labute approximate surface area is 122 Å². The molecule has 0 aliphatic carbocycles. The third-order valence-corrected chi connectivity index (χ3v) is 4.66. The van der Waals surface area contributed by atoms with Gasteiger partial charge in [0.2, 0.25) is 0 Å². The van der Waals surface area contributed by atoms with Crippen molar-refractivity contribution in [2.24, 2.45) is 11.8 Å². The Bertz CT molecular complexity index is 340. The number of amides is 2. The van der Waals surface area contributed by atoms with Crippen molar-refractivity contribution in [3.8, 4) is 0 Å². The fourth-order valence-electron chi connectivity index (χ4n) is 2.81. The zero-order chi connectivity index (χ0) is 14.8. The number of nitrogens with zero attached hydrogens (tertiary/aromatic N) is 1. The van der Waals surface area contributed by atoms with E-state index < -0.39 is 5.79 Å². The molecule has 5 nitrogen and oxygen atoms in total.